The van der Waals surface area contributed by atoms with Gasteiger partial charge in [0.15, 0.2) is 5.82 Å². The standard InChI is InChI=1S/C25H29F2N7O/c1-28-14-7-8-15-18(10-14)29-9-5-3-4-6-17(24-30-12-19(15)32-24)33-25(35)21-16(26)11-20-23(22(21)27)31-13-34(20)2/h7-8,10-11,13,17,19,28-29H,3-6,9,12H2,1-2H3,(H,30,32)(H,33,35)/t17-,19?/m0/s1. The van der Waals surface area contributed by atoms with Crippen molar-refractivity contribution in [2.75, 3.05) is 30.8 Å². The summed E-state index contributed by atoms with van der Waals surface area (Å²) < 4.78 is 31.4. The van der Waals surface area contributed by atoms with E-state index in [0.717, 1.165) is 48.8 Å². The number of imidazole rings is 1. The van der Waals surface area contributed by atoms with Crippen molar-refractivity contribution in [3.63, 3.8) is 0 Å². The zero-order valence-electron chi connectivity index (χ0n) is 19.8. The fourth-order valence-corrected chi connectivity index (χ4v) is 4.79. The topological polar surface area (TPSA) is 95.4 Å². The lowest BCUT2D eigenvalue weighted by Crippen LogP contribution is -2.45. The predicted octanol–water partition coefficient (Wildman–Crippen LogP) is 3.72. The molecule has 184 valence electrons. The van der Waals surface area contributed by atoms with Gasteiger partial charge in [-0.1, -0.05) is 18.9 Å². The molecular weight excluding hydrogens is 452 g/mol. The summed E-state index contributed by atoms with van der Waals surface area (Å²) in [6.07, 6.45) is 4.76. The zero-order chi connectivity index (χ0) is 24.5. The number of carbonyl (C=O) groups is 1. The normalized spacial score (nSPS) is 20.1. The number of anilines is 2. The Morgan fingerprint density at radius 3 is 2.86 bits per heavy atom. The third-order valence-corrected chi connectivity index (χ3v) is 6.73. The van der Waals surface area contributed by atoms with Crippen LogP contribution in [0.3, 0.4) is 0 Å². The summed E-state index contributed by atoms with van der Waals surface area (Å²) in [7, 11) is 3.53. The molecule has 0 spiro atoms. The predicted molar refractivity (Wildman–Crippen MR) is 133 cm³/mol. The van der Waals surface area contributed by atoms with Crippen LogP contribution in [-0.4, -0.2) is 47.5 Å². The first-order valence-electron chi connectivity index (χ1n) is 11.9. The van der Waals surface area contributed by atoms with Crippen molar-refractivity contribution in [2.24, 2.45) is 12.0 Å². The number of nitrogens with zero attached hydrogens (tertiary/aromatic N) is 3. The van der Waals surface area contributed by atoms with E-state index in [9.17, 15) is 9.18 Å². The number of fused-ring (bicyclic) bond motifs is 4. The maximum atomic E-state index is 15.1. The quantitative estimate of drug-likeness (QED) is 0.457. The first kappa shape index (κ1) is 23.1. The molecule has 1 amide bonds. The fraction of sp³-hybridized carbons (Fsp3) is 0.400. The number of amidine groups is 1. The molecule has 0 aliphatic carbocycles. The first-order chi connectivity index (χ1) is 17.0. The average molecular weight is 482 g/mol. The highest BCUT2D eigenvalue weighted by molar-refractivity contribution is 6.01. The monoisotopic (exact) mass is 481 g/mol. The van der Waals surface area contributed by atoms with Gasteiger partial charge in [0.25, 0.3) is 5.91 Å². The number of hydrogen-bond acceptors (Lipinski definition) is 6. The van der Waals surface area contributed by atoms with Crippen LogP contribution in [0.2, 0.25) is 0 Å². The maximum Gasteiger partial charge on any atom is 0.257 e. The van der Waals surface area contributed by atoms with Crippen LogP contribution in [0.15, 0.2) is 35.6 Å². The van der Waals surface area contributed by atoms with Crippen LogP contribution >= 0.6 is 0 Å². The van der Waals surface area contributed by atoms with Gasteiger partial charge >= 0.3 is 0 Å². The molecule has 2 bridgehead atoms. The lowest BCUT2D eigenvalue weighted by Gasteiger charge is -2.20. The number of nitrogens with one attached hydrogen (secondary N) is 4. The Morgan fingerprint density at radius 1 is 1.17 bits per heavy atom. The number of halogens is 2. The van der Waals surface area contributed by atoms with E-state index in [4.69, 9.17) is 4.99 Å². The number of carbonyl (C=O) groups excluding carboxylic acids is 1. The largest absolute Gasteiger partial charge is 0.388 e. The van der Waals surface area contributed by atoms with E-state index < -0.39 is 29.1 Å². The van der Waals surface area contributed by atoms with Crippen molar-refractivity contribution in [3.05, 3.63) is 53.4 Å². The van der Waals surface area contributed by atoms with Gasteiger partial charge in [-0.3, -0.25) is 9.79 Å². The molecule has 3 heterocycles. The van der Waals surface area contributed by atoms with Crippen LogP contribution in [0.1, 0.15) is 47.6 Å². The van der Waals surface area contributed by atoms with E-state index >= 15 is 4.39 Å². The summed E-state index contributed by atoms with van der Waals surface area (Å²) in [5.74, 6) is -2.04. The zero-order valence-corrected chi connectivity index (χ0v) is 19.8. The van der Waals surface area contributed by atoms with Gasteiger partial charge in [-0.15, -0.1) is 0 Å². The van der Waals surface area contributed by atoms with Gasteiger partial charge in [0.05, 0.1) is 23.9 Å². The van der Waals surface area contributed by atoms with Gasteiger partial charge in [-0.25, -0.2) is 13.8 Å². The number of hydrogen-bond donors (Lipinski definition) is 4. The van der Waals surface area contributed by atoms with Gasteiger partial charge in [-0.2, -0.15) is 0 Å². The van der Waals surface area contributed by atoms with Gasteiger partial charge in [0, 0.05) is 50.2 Å². The highest BCUT2D eigenvalue weighted by Crippen LogP contribution is 2.31. The summed E-state index contributed by atoms with van der Waals surface area (Å²) in [5.41, 5.74) is 2.75. The fourth-order valence-electron chi connectivity index (χ4n) is 4.79. The third kappa shape index (κ3) is 4.40. The smallest absolute Gasteiger partial charge is 0.257 e. The van der Waals surface area contributed by atoms with Crippen molar-refractivity contribution in [2.45, 2.75) is 37.8 Å². The van der Waals surface area contributed by atoms with E-state index in [1.807, 2.05) is 13.1 Å². The van der Waals surface area contributed by atoms with Gasteiger partial charge in [0.1, 0.15) is 22.7 Å². The lowest BCUT2D eigenvalue weighted by atomic mass is 10.0. The van der Waals surface area contributed by atoms with Crippen molar-refractivity contribution < 1.29 is 13.6 Å². The Labute approximate surface area is 202 Å². The van der Waals surface area contributed by atoms with Crippen LogP contribution in [0.25, 0.3) is 11.0 Å². The molecule has 5 rings (SSSR count). The van der Waals surface area contributed by atoms with Crippen molar-refractivity contribution >= 4 is 34.2 Å². The molecule has 0 radical (unpaired) electrons. The van der Waals surface area contributed by atoms with E-state index in [1.54, 1.807) is 7.05 Å². The van der Waals surface area contributed by atoms with Crippen LogP contribution in [-0.2, 0) is 7.05 Å². The Balaban J connectivity index is 1.44. The summed E-state index contributed by atoms with van der Waals surface area (Å²) in [6.45, 7) is 1.41. The summed E-state index contributed by atoms with van der Waals surface area (Å²) in [5, 5.41) is 12.9. The summed E-state index contributed by atoms with van der Waals surface area (Å²) >= 11 is 0. The molecule has 0 saturated carbocycles. The van der Waals surface area contributed by atoms with Crippen molar-refractivity contribution in [3.8, 4) is 0 Å². The highest BCUT2D eigenvalue weighted by Gasteiger charge is 2.30. The van der Waals surface area contributed by atoms with Crippen molar-refractivity contribution in [1.29, 1.82) is 0 Å². The van der Waals surface area contributed by atoms with Gasteiger partial charge in [0.2, 0.25) is 0 Å². The average Bonchev–Trinajstić information content (AvgIpc) is 3.47. The minimum Gasteiger partial charge on any atom is -0.388 e. The van der Waals surface area contributed by atoms with Gasteiger partial charge in [-0.05, 0) is 25.0 Å². The molecule has 3 aromatic rings. The molecule has 2 aliphatic heterocycles. The molecule has 4 N–H and O–H groups in total. The molecule has 35 heavy (non-hydrogen) atoms. The molecular formula is C25H29F2N7O. The van der Waals surface area contributed by atoms with E-state index in [0.29, 0.717) is 24.3 Å². The lowest BCUT2D eigenvalue weighted by molar-refractivity contribution is 0.0936. The van der Waals surface area contributed by atoms with E-state index in [1.165, 1.54) is 10.9 Å². The van der Waals surface area contributed by atoms with Crippen LogP contribution < -0.4 is 21.3 Å². The number of aryl methyl sites for hydroxylation is 1. The SMILES string of the molecule is CNc1ccc2c(c1)NCCCCC[C@H](NC(=O)c1c(F)cc3c(ncn3C)c1F)C1=NC2CN1. The molecule has 0 fully saturated rings. The Morgan fingerprint density at radius 2 is 2.03 bits per heavy atom. The molecule has 1 aromatic heterocycles. The highest BCUT2D eigenvalue weighted by atomic mass is 19.1. The Kier molecular flexibility index (Phi) is 6.27. The second kappa shape index (κ2) is 9.52. The van der Waals surface area contributed by atoms with E-state index in [-0.39, 0.29) is 11.6 Å². The second-order valence-corrected chi connectivity index (χ2v) is 9.04. The minimum absolute atomic E-state index is 0.0285. The summed E-state index contributed by atoms with van der Waals surface area (Å²) in [6, 6.07) is 6.69. The number of rotatable bonds is 3. The van der Waals surface area contributed by atoms with Crippen LogP contribution in [0.4, 0.5) is 20.2 Å². The summed E-state index contributed by atoms with van der Waals surface area (Å²) in [4.78, 5) is 22.0. The number of benzene rings is 2. The number of aromatic nitrogens is 2. The van der Waals surface area contributed by atoms with E-state index in [2.05, 4.69) is 38.4 Å². The molecule has 2 atom stereocenters. The minimum atomic E-state index is -0.953. The van der Waals surface area contributed by atoms with Crippen LogP contribution in [0, 0.1) is 11.6 Å². The van der Waals surface area contributed by atoms with Crippen LogP contribution in [0.5, 0.6) is 0 Å². The molecule has 2 aromatic carbocycles. The molecule has 2 aliphatic rings. The Hall–Kier alpha value is -3.69. The third-order valence-electron chi connectivity index (χ3n) is 6.73. The second-order valence-electron chi connectivity index (χ2n) is 9.04. The number of amides is 1. The molecule has 10 heteroatoms. The van der Waals surface area contributed by atoms with Crippen molar-refractivity contribution in [1.82, 2.24) is 20.2 Å². The maximum absolute atomic E-state index is 15.1. The first-order valence-corrected chi connectivity index (χ1v) is 11.9. The Bertz CT molecular complexity index is 1300. The molecule has 8 nitrogen and oxygen atoms in total. The number of aliphatic imine (C=N–C) groups is 1. The van der Waals surface area contributed by atoms with Gasteiger partial charge < -0.3 is 25.8 Å². The molecule has 1 unspecified atom stereocenters. The molecule has 0 saturated heterocycles.